The zero-order chi connectivity index (χ0) is 21.8. The van der Waals surface area contributed by atoms with Crippen LogP contribution < -0.4 is 0 Å². The van der Waals surface area contributed by atoms with Crippen LogP contribution in [0.5, 0.6) is 0 Å². The Morgan fingerprint density at radius 2 is 1.97 bits per heavy atom. The molecule has 7 heteroatoms. The van der Waals surface area contributed by atoms with E-state index in [9.17, 15) is 15.2 Å². The van der Waals surface area contributed by atoms with Crippen LogP contribution in [0.25, 0.3) is 0 Å². The lowest BCUT2D eigenvalue weighted by Gasteiger charge is -2.57. The summed E-state index contributed by atoms with van der Waals surface area (Å²) in [5.74, 6) is 2.05. The Morgan fingerprint density at radius 3 is 2.74 bits per heavy atom. The number of rotatable bonds is 3. The van der Waals surface area contributed by atoms with Gasteiger partial charge in [0.05, 0.1) is 22.1 Å². The molecular formula is C24H31N3O3S. The van der Waals surface area contributed by atoms with E-state index in [2.05, 4.69) is 30.1 Å². The lowest BCUT2D eigenvalue weighted by Crippen LogP contribution is -2.50. The molecule has 4 aliphatic rings. The summed E-state index contributed by atoms with van der Waals surface area (Å²) in [7, 11) is 0. The molecule has 0 amide bonds. The van der Waals surface area contributed by atoms with Crippen LogP contribution in [0, 0.1) is 38.7 Å². The molecule has 31 heavy (non-hydrogen) atoms. The molecule has 1 heterocycles. The SMILES string of the molecule is C[C@]12CC[C@@H](O)CC1=CC[C@H]1[C@H]2CC[C@@]2(C)/C(=N\N=C/c3ccc([N+](=O)[O-])s3)CC[C@H]12. The molecular weight excluding hydrogens is 410 g/mol. The number of nitrogens with zero attached hydrogens (tertiary/aromatic N) is 3. The van der Waals surface area contributed by atoms with Crippen LogP contribution in [0.2, 0.25) is 0 Å². The topological polar surface area (TPSA) is 88.1 Å². The lowest BCUT2D eigenvalue weighted by atomic mass is 9.48. The van der Waals surface area contributed by atoms with Crippen LogP contribution in [-0.4, -0.2) is 28.1 Å². The van der Waals surface area contributed by atoms with Crippen molar-refractivity contribution in [2.45, 2.75) is 71.3 Å². The Bertz CT molecular complexity index is 982. The second-order valence-corrected chi connectivity index (χ2v) is 11.5. The number of fused-ring (bicyclic) bond motifs is 5. The van der Waals surface area contributed by atoms with E-state index >= 15 is 0 Å². The van der Waals surface area contributed by atoms with Gasteiger partial charge in [-0.05, 0) is 80.6 Å². The van der Waals surface area contributed by atoms with Gasteiger partial charge in [0, 0.05) is 17.2 Å². The van der Waals surface area contributed by atoms with Crippen LogP contribution >= 0.6 is 11.3 Å². The first kappa shape index (κ1) is 21.0. The zero-order valence-corrected chi connectivity index (χ0v) is 19.1. The van der Waals surface area contributed by atoms with E-state index in [1.54, 1.807) is 12.3 Å². The normalized spacial score (nSPS) is 41.0. The minimum Gasteiger partial charge on any atom is -0.393 e. The Kier molecular flexibility index (Phi) is 5.17. The summed E-state index contributed by atoms with van der Waals surface area (Å²) in [6.07, 6.45) is 12.6. The highest BCUT2D eigenvalue weighted by molar-refractivity contribution is 7.16. The summed E-state index contributed by atoms with van der Waals surface area (Å²) >= 11 is 1.13. The molecule has 6 atom stereocenters. The average molecular weight is 442 g/mol. The molecule has 1 aromatic rings. The summed E-state index contributed by atoms with van der Waals surface area (Å²) in [6.45, 7) is 4.84. The molecule has 5 rings (SSSR count). The largest absolute Gasteiger partial charge is 0.393 e. The molecule has 0 spiro atoms. The summed E-state index contributed by atoms with van der Waals surface area (Å²) < 4.78 is 0. The maximum atomic E-state index is 10.9. The van der Waals surface area contributed by atoms with Crippen molar-refractivity contribution >= 4 is 28.3 Å². The second kappa shape index (κ2) is 7.62. The summed E-state index contributed by atoms with van der Waals surface area (Å²) in [5.41, 5.74) is 3.08. The fourth-order valence-corrected chi connectivity index (χ4v) is 7.95. The highest BCUT2D eigenvalue weighted by atomic mass is 32.1. The maximum Gasteiger partial charge on any atom is 0.324 e. The summed E-state index contributed by atoms with van der Waals surface area (Å²) in [4.78, 5) is 11.3. The molecule has 0 saturated heterocycles. The van der Waals surface area contributed by atoms with Crippen molar-refractivity contribution in [1.29, 1.82) is 0 Å². The first-order chi connectivity index (χ1) is 14.8. The van der Waals surface area contributed by atoms with Crippen molar-refractivity contribution in [2.75, 3.05) is 0 Å². The van der Waals surface area contributed by atoms with Gasteiger partial charge in [-0.15, -0.1) is 0 Å². The molecule has 0 radical (unpaired) electrons. The predicted molar refractivity (Wildman–Crippen MR) is 124 cm³/mol. The number of nitro groups is 1. The van der Waals surface area contributed by atoms with Gasteiger partial charge in [-0.25, -0.2) is 0 Å². The molecule has 0 unspecified atom stereocenters. The van der Waals surface area contributed by atoms with Crippen molar-refractivity contribution in [2.24, 2.45) is 38.8 Å². The Morgan fingerprint density at radius 1 is 1.19 bits per heavy atom. The van der Waals surface area contributed by atoms with Gasteiger partial charge in [0.1, 0.15) is 0 Å². The van der Waals surface area contributed by atoms with E-state index < -0.39 is 0 Å². The van der Waals surface area contributed by atoms with E-state index in [-0.39, 0.29) is 26.9 Å². The number of hydrogen-bond donors (Lipinski definition) is 1. The van der Waals surface area contributed by atoms with Gasteiger partial charge in [-0.2, -0.15) is 10.2 Å². The molecule has 4 aliphatic carbocycles. The van der Waals surface area contributed by atoms with Crippen LogP contribution in [0.4, 0.5) is 5.00 Å². The van der Waals surface area contributed by atoms with Crippen LogP contribution in [0.3, 0.4) is 0 Å². The highest BCUT2D eigenvalue weighted by Crippen LogP contribution is 2.64. The summed E-state index contributed by atoms with van der Waals surface area (Å²) in [5, 5.41) is 30.2. The zero-order valence-electron chi connectivity index (χ0n) is 18.3. The number of aliphatic hydroxyl groups excluding tert-OH is 1. The maximum absolute atomic E-state index is 10.9. The van der Waals surface area contributed by atoms with Gasteiger partial charge in [0.25, 0.3) is 0 Å². The van der Waals surface area contributed by atoms with Gasteiger partial charge < -0.3 is 5.11 Å². The van der Waals surface area contributed by atoms with Crippen LogP contribution in [0.1, 0.15) is 70.1 Å². The van der Waals surface area contributed by atoms with Crippen molar-refractivity contribution < 1.29 is 10.0 Å². The van der Waals surface area contributed by atoms with Gasteiger partial charge in [0.2, 0.25) is 0 Å². The van der Waals surface area contributed by atoms with E-state index in [1.165, 1.54) is 30.2 Å². The molecule has 1 N–H and O–H groups in total. The average Bonchev–Trinajstić information content (AvgIpc) is 3.33. The van der Waals surface area contributed by atoms with Crippen molar-refractivity contribution in [3.8, 4) is 0 Å². The van der Waals surface area contributed by atoms with Crippen molar-refractivity contribution in [3.05, 3.63) is 38.8 Å². The molecule has 3 fully saturated rings. The predicted octanol–water partition coefficient (Wildman–Crippen LogP) is 5.75. The fraction of sp³-hybridized carbons (Fsp3) is 0.667. The number of thiophene rings is 1. The Balaban J connectivity index is 1.35. The third kappa shape index (κ3) is 3.41. The quantitative estimate of drug-likeness (QED) is 0.280. The third-order valence-corrected chi connectivity index (χ3v) is 9.95. The van der Waals surface area contributed by atoms with E-state index in [0.29, 0.717) is 17.8 Å². The fourth-order valence-electron chi connectivity index (χ4n) is 7.26. The second-order valence-electron chi connectivity index (χ2n) is 10.4. The van der Waals surface area contributed by atoms with Crippen LogP contribution in [0.15, 0.2) is 34.0 Å². The van der Waals surface area contributed by atoms with E-state index in [4.69, 9.17) is 0 Å². The van der Waals surface area contributed by atoms with Gasteiger partial charge in [-0.3, -0.25) is 10.1 Å². The minimum atomic E-state index is -0.369. The number of hydrogen-bond acceptors (Lipinski definition) is 6. The Labute approximate surface area is 187 Å². The molecule has 0 aliphatic heterocycles. The molecule has 166 valence electrons. The first-order valence-electron chi connectivity index (χ1n) is 11.5. The molecule has 3 saturated carbocycles. The Hall–Kier alpha value is -1.86. The lowest BCUT2D eigenvalue weighted by molar-refractivity contribution is -0.380. The minimum absolute atomic E-state index is 0.107. The number of aliphatic hydroxyl groups is 1. The van der Waals surface area contributed by atoms with E-state index in [0.717, 1.165) is 54.7 Å². The first-order valence-corrected chi connectivity index (χ1v) is 12.3. The molecule has 0 aromatic carbocycles. The molecule has 1 aromatic heterocycles. The number of allylic oxidation sites excluding steroid dienone is 1. The van der Waals surface area contributed by atoms with Crippen molar-refractivity contribution in [1.82, 2.24) is 0 Å². The van der Waals surface area contributed by atoms with Gasteiger partial charge >= 0.3 is 5.00 Å². The van der Waals surface area contributed by atoms with Gasteiger partial charge in [0.15, 0.2) is 0 Å². The summed E-state index contributed by atoms with van der Waals surface area (Å²) in [6, 6.07) is 3.24. The monoisotopic (exact) mass is 441 g/mol. The standard InChI is InChI=1S/C24H31N3O3S/c1-23-11-9-16(28)13-15(23)3-5-18-19-6-7-21(24(19,2)12-10-20(18)23)26-25-14-17-4-8-22(31-17)27(29)30/h3-4,8,14,16,18-20,28H,5-7,9-13H2,1-2H3/b25-14-,26-21-/t16-,18-,19-,20-,23+,24-/m1/s1. The smallest absolute Gasteiger partial charge is 0.324 e. The molecule has 0 bridgehead atoms. The third-order valence-electron chi connectivity index (χ3n) is 8.97. The van der Waals surface area contributed by atoms with E-state index in [1.807, 2.05) is 0 Å². The van der Waals surface area contributed by atoms with Gasteiger partial charge in [-0.1, -0.05) is 36.8 Å². The molecule has 6 nitrogen and oxygen atoms in total. The van der Waals surface area contributed by atoms with Crippen molar-refractivity contribution in [3.63, 3.8) is 0 Å². The highest BCUT2D eigenvalue weighted by Gasteiger charge is 2.57. The van der Waals surface area contributed by atoms with Crippen LogP contribution in [-0.2, 0) is 0 Å².